The van der Waals surface area contributed by atoms with Gasteiger partial charge in [-0.05, 0) is 24.7 Å². The fourth-order valence-corrected chi connectivity index (χ4v) is 2.07. The lowest BCUT2D eigenvalue weighted by atomic mass is 10.2. The van der Waals surface area contributed by atoms with Gasteiger partial charge in [0.2, 0.25) is 5.91 Å². The van der Waals surface area contributed by atoms with Crippen molar-refractivity contribution < 1.29 is 19.4 Å². The summed E-state index contributed by atoms with van der Waals surface area (Å²) in [5, 5.41) is 12.0. The summed E-state index contributed by atoms with van der Waals surface area (Å²) in [6, 6.07) is -0.684. The topological polar surface area (TPSA) is 75.6 Å². The average molecular weight is 281 g/mol. The Morgan fingerprint density at radius 1 is 1.35 bits per heavy atom. The van der Waals surface area contributed by atoms with Crippen LogP contribution in [0.1, 0.15) is 6.42 Å². The Bertz CT molecular complexity index is 250. The number of methoxy groups -OCH3 is 1. The molecule has 7 heteroatoms. The maximum atomic E-state index is 11.5. The van der Waals surface area contributed by atoms with E-state index in [2.05, 4.69) is 10.1 Å². The monoisotopic (exact) mass is 281 g/mol. The summed E-state index contributed by atoms with van der Waals surface area (Å²) in [6.45, 7) is 0. The van der Waals surface area contributed by atoms with Crippen molar-refractivity contribution in [2.24, 2.45) is 0 Å². The lowest BCUT2D eigenvalue weighted by Gasteiger charge is -2.18. The predicted octanol–water partition coefficient (Wildman–Crippen LogP) is 0.121. The summed E-state index contributed by atoms with van der Waals surface area (Å²) in [5.74, 6) is 0.0283. The molecule has 2 N–H and O–H groups in total. The Kier molecular flexibility index (Phi) is 9.39. The van der Waals surface area contributed by atoms with Crippen LogP contribution < -0.4 is 5.32 Å². The highest BCUT2D eigenvalue weighted by molar-refractivity contribution is 7.98. The zero-order valence-electron chi connectivity index (χ0n) is 10.3. The Balaban J connectivity index is 4.31. The molecule has 0 aliphatic rings. The van der Waals surface area contributed by atoms with E-state index in [-0.39, 0.29) is 0 Å². The molecule has 1 unspecified atom stereocenters. The van der Waals surface area contributed by atoms with Crippen molar-refractivity contribution in [3.05, 3.63) is 0 Å². The van der Waals surface area contributed by atoms with Crippen LogP contribution in [0, 0.1) is 0 Å². The number of esters is 1. The van der Waals surface area contributed by atoms with Gasteiger partial charge < -0.3 is 15.2 Å². The van der Waals surface area contributed by atoms with Crippen molar-refractivity contribution in [2.75, 3.05) is 31.1 Å². The van der Waals surface area contributed by atoms with Crippen molar-refractivity contribution in [1.29, 1.82) is 0 Å². The third-order valence-electron chi connectivity index (χ3n) is 2.04. The zero-order valence-corrected chi connectivity index (χ0v) is 11.9. The normalized spacial score (nSPS) is 13.9. The summed E-state index contributed by atoms with van der Waals surface area (Å²) in [5.41, 5.74) is 0. The van der Waals surface area contributed by atoms with Gasteiger partial charge in [-0.2, -0.15) is 23.5 Å². The van der Waals surface area contributed by atoms with Gasteiger partial charge in [0.1, 0.15) is 12.1 Å². The van der Waals surface area contributed by atoms with Crippen LogP contribution in [-0.4, -0.2) is 60.3 Å². The van der Waals surface area contributed by atoms with E-state index in [0.29, 0.717) is 12.2 Å². The molecule has 0 heterocycles. The molecule has 0 aromatic rings. The quantitative estimate of drug-likeness (QED) is 0.616. The Morgan fingerprint density at radius 3 is 2.47 bits per heavy atom. The van der Waals surface area contributed by atoms with Gasteiger partial charge in [0.25, 0.3) is 0 Å². The summed E-state index contributed by atoms with van der Waals surface area (Å²) < 4.78 is 4.60. The molecular formula is C10H19NO4S2. The minimum Gasteiger partial charge on any atom is -0.467 e. The minimum atomic E-state index is -1.09. The van der Waals surface area contributed by atoms with E-state index in [9.17, 15) is 14.7 Å². The number of nitrogens with one attached hydrogen (secondary N) is 1. The van der Waals surface area contributed by atoms with E-state index in [1.54, 1.807) is 18.0 Å². The molecular weight excluding hydrogens is 262 g/mol. The maximum Gasteiger partial charge on any atom is 0.328 e. The van der Waals surface area contributed by atoms with Gasteiger partial charge in [0.05, 0.1) is 7.11 Å². The largest absolute Gasteiger partial charge is 0.467 e. The highest BCUT2D eigenvalue weighted by Gasteiger charge is 2.24. The fourth-order valence-electron chi connectivity index (χ4n) is 1.13. The van der Waals surface area contributed by atoms with Gasteiger partial charge in [-0.3, -0.25) is 4.79 Å². The predicted molar refractivity (Wildman–Crippen MR) is 71.3 cm³/mol. The Hall–Kier alpha value is -0.400. The molecule has 0 radical (unpaired) electrons. The van der Waals surface area contributed by atoms with E-state index in [4.69, 9.17) is 0 Å². The van der Waals surface area contributed by atoms with Crippen molar-refractivity contribution in [1.82, 2.24) is 5.32 Å². The molecule has 0 aromatic heterocycles. The second kappa shape index (κ2) is 9.61. The molecule has 0 aliphatic heterocycles. The van der Waals surface area contributed by atoms with Crippen LogP contribution in [0.4, 0.5) is 0 Å². The minimum absolute atomic E-state index is 0.308. The smallest absolute Gasteiger partial charge is 0.328 e. The van der Waals surface area contributed by atoms with E-state index >= 15 is 0 Å². The number of hydrogen-bond donors (Lipinski definition) is 2. The maximum absolute atomic E-state index is 11.5. The SMILES string of the molecule is COC(=O)[C@H](CCSC)NC(=O)C(O)CSC. The zero-order chi connectivity index (χ0) is 13.3. The molecule has 0 saturated heterocycles. The van der Waals surface area contributed by atoms with Crippen LogP contribution in [0.25, 0.3) is 0 Å². The average Bonchev–Trinajstić information content (AvgIpc) is 2.33. The number of hydrogen-bond acceptors (Lipinski definition) is 6. The lowest BCUT2D eigenvalue weighted by molar-refractivity contribution is -0.146. The van der Waals surface area contributed by atoms with Crippen LogP contribution in [0.2, 0.25) is 0 Å². The molecule has 0 aromatic carbocycles. The molecule has 100 valence electrons. The molecule has 0 bridgehead atoms. The van der Waals surface area contributed by atoms with E-state index in [1.807, 2.05) is 6.26 Å². The van der Waals surface area contributed by atoms with Crippen LogP contribution in [0.5, 0.6) is 0 Å². The number of thioether (sulfide) groups is 2. The Morgan fingerprint density at radius 2 is 2.00 bits per heavy atom. The molecule has 0 fully saturated rings. The van der Waals surface area contributed by atoms with E-state index < -0.39 is 24.0 Å². The number of aliphatic hydroxyl groups is 1. The summed E-state index contributed by atoms with van der Waals surface area (Å²) in [7, 11) is 1.28. The van der Waals surface area contributed by atoms with Gasteiger partial charge in [-0.15, -0.1) is 0 Å². The van der Waals surface area contributed by atoms with Crippen LogP contribution in [-0.2, 0) is 14.3 Å². The molecule has 0 aliphatic carbocycles. The Labute approximate surface area is 110 Å². The van der Waals surface area contributed by atoms with E-state index in [1.165, 1.54) is 18.9 Å². The van der Waals surface area contributed by atoms with Gasteiger partial charge in [-0.1, -0.05) is 0 Å². The van der Waals surface area contributed by atoms with Crippen molar-refractivity contribution in [2.45, 2.75) is 18.6 Å². The van der Waals surface area contributed by atoms with Gasteiger partial charge in [0, 0.05) is 5.75 Å². The van der Waals surface area contributed by atoms with Crippen LogP contribution in [0.3, 0.4) is 0 Å². The molecule has 5 nitrogen and oxygen atoms in total. The first kappa shape index (κ1) is 16.6. The summed E-state index contributed by atoms with van der Waals surface area (Å²) >= 11 is 2.94. The van der Waals surface area contributed by atoms with Crippen molar-refractivity contribution in [3.63, 3.8) is 0 Å². The molecule has 1 amide bonds. The van der Waals surface area contributed by atoms with Gasteiger partial charge in [0.15, 0.2) is 0 Å². The first-order valence-corrected chi connectivity index (χ1v) is 7.89. The van der Waals surface area contributed by atoms with Crippen LogP contribution >= 0.6 is 23.5 Å². The molecule has 0 spiro atoms. The van der Waals surface area contributed by atoms with E-state index in [0.717, 1.165) is 5.75 Å². The van der Waals surface area contributed by atoms with Gasteiger partial charge >= 0.3 is 5.97 Å². The number of aliphatic hydroxyl groups excluding tert-OH is 1. The van der Waals surface area contributed by atoms with Crippen LogP contribution in [0.15, 0.2) is 0 Å². The number of carbonyl (C=O) groups is 2. The highest BCUT2D eigenvalue weighted by Crippen LogP contribution is 2.04. The fraction of sp³-hybridized carbons (Fsp3) is 0.800. The van der Waals surface area contributed by atoms with Crippen molar-refractivity contribution in [3.8, 4) is 0 Å². The lowest BCUT2D eigenvalue weighted by Crippen LogP contribution is -2.46. The third kappa shape index (κ3) is 6.80. The number of carbonyl (C=O) groups excluding carboxylic acids is 2. The molecule has 2 atom stereocenters. The van der Waals surface area contributed by atoms with Crippen molar-refractivity contribution >= 4 is 35.4 Å². The third-order valence-corrected chi connectivity index (χ3v) is 3.33. The molecule has 0 saturated carbocycles. The molecule has 0 rings (SSSR count). The molecule has 17 heavy (non-hydrogen) atoms. The van der Waals surface area contributed by atoms with Gasteiger partial charge in [-0.25, -0.2) is 4.79 Å². The summed E-state index contributed by atoms with van der Waals surface area (Å²) in [6.07, 6.45) is 3.11. The number of rotatable bonds is 8. The first-order chi connectivity index (χ1) is 8.06. The number of ether oxygens (including phenoxy) is 1. The first-order valence-electron chi connectivity index (χ1n) is 5.11. The summed E-state index contributed by atoms with van der Waals surface area (Å²) in [4.78, 5) is 22.9. The second-order valence-corrected chi connectivity index (χ2v) is 5.23. The standard InChI is InChI=1S/C10H19NO4S2/c1-15-10(14)7(4-5-16-2)11-9(13)8(12)6-17-3/h7-8,12H,4-6H2,1-3H3,(H,11,13)/t7-,8?/m0/s1. The number of amides is 1. The second-order valence-electron chi connectivity index (χ2n) is 3.34. The highest BCUT2D eigenvalue weighted by atomic mass is 32.2.